The lowest BCUT2D eigenvalue weighted by Gasteiger charge is -2.13. The standard InChI is InChI=1S/C18H12ClF2NO2S/c19-18-15(20)9-11(10-16(18)21)12-5-1-2-6-13(12)14-7-3-4-8-17(14)25(22,23)24/h1-10H,(H2,22,23,24). The Morgan fingerprint density at radius 3 is 1.84 bits per heavy atom. The average molecular weight is 380 g/mol. The highest BCUT2D eigenvalue weighted by atomic mass is 35.5. The van der Waals surface area contributed by atoms with Gasteiger partial charge in [0.1, 0.15) is 16.7 Å². The van der Waals surface area contributed by atoms with E-state index < -0.39 is 26.7 Å². The number of halogens is 3. The first kappa shape index (κ1) is 17.5. The van der Waals surface area contributed by atoms with Crippen molar-refractivity contribution in [2.45, 2.75) is 4.90 Å². The van der Waals surface area contributed by atoms with E-state index in [1.54, 1.807) is 42.5 Å². The zero-order valence-electron chi connectivity index (χ0n) is 12.7. The van der Waals surface area contributed by atoms with Crippen LogP contribution in [0.25, 0.3) is 22.3 Å². The number of nitrogens with two attached hydrogens (primary N) is 1. The molecule has 0 spiro atoms. The normalized spacial score (nSPS) is 11.5. The molecule has 128 valence electrons. The van der Waals surface area contributed by atoms with Crippen LogP contribution >= 0.6 is 11.6 Å². The fourth-order valence-corrected chi connectivity index (χ4v) is 3.48. The van der Waals surface area contributed by atoms with E-state index in [9.17, 15) is 17.2 Å². The van der Waals surface area contributed by atoms with E-state index in [0.29, 0.717) is 16.7 Å². The molecule has 3 nitrogen and oxygen atoms in total. The number of rotatable bonds is 3. The second kappa shape index (κ2) is 6.55. The molecule has 3 aromatic carbocycles. The Morgan fingerprint density at radius 1 is 0.800 bits per heavy atom. The molecule has 7 heteroatoms. The van der Waals surface area contributed by atoms with Gasteiger partial charge in [-0.1, -0.05) is 54.1 Å². The molecule has 0 saturated heterocycles. The van der Waals surface area contributed by atoms with Crippen molar-refractivity contribution in [3.63, 3.8) is 0 Å². The zero-order chi connectivity index (χ0) is 18.2. The first-order valence-corrected chi connectivity index (χ1v) is 9.07. The minimum absolute atomic E-state index is 0.0719. The summed E-state index contributed by atoms with van der Waals surface area (Å²) in [4.78, 5) is -0.0719. The molecule has 0 amide bonds. The maximum atomic E-state index is 13.8. The lowest BCUT2D eigenvalue weighted by atomic mass is 9.94. The predicted octanol–water partition coefficient (Wildman–Crippen LogP) is 4.60. The van der Waals surface area contributed by atoms with Crippen LogP contribution in [0, 0.1) is 11.6 Å². The molecular weight excluding hydrogens is 368 g/mol. The highest BCUT2D eigenvalue weighted by Crippen LogP contribution is 2.36. The van der Waals surface area contributed by atoms with Gasteiger partial charge < -0.3 is 0 Å². The summed E-state index contributed by atoms with van der Waals surface area (Å²) in [7, 11) is -3.97. The zero-order valence-corrected chi connectivity index (χ0v) is 14.3. The summed E-state index contributed by atoms with van der Waals surface area (Å²) < 4.78 is 51.4. The lowest BCUT2D eigenvalue weighted by molar-refractivity contribution is 0.585. The summed E-state index contributed by atoms with van der Waals surface area (Å²) in [5.74, 6) is -1.79. The molecule has 0 aliphatic heterocycles. The van der Waals surface area contributed by atoms with Gasteiger partial charge >= 0.3 is 0 Å². The summed E-state index contributed by atoms with van der Waals surface area (Å²) in [5, 5.41) is 4.70. The van der Waals surface area contributed by atoms with Gasteiger partial charge in [0.15, 0.2) is 0 Å². The SMILES string of the molecule is NS(=O)(=O)c1ccccc1-c1ccccc1-c1cc(F)c(Cl)c(F)c1. The molecule has 2 N–H and O–H groups in total. The minimum Gasteiger partial charge on any atom is -0.225 e. The molecule has 0 aliphatic carbocycles. The van der Waals surface area contributed by atoms with Gasteiger partial charge in [-0.3, -0.25) is 0 Å². The summed E-state index contributed by atoms with van der Waals surface area (Å²) in [6, 6.07) is 15.0. The number of sulfonamides is 1. The number of hydrogen-bond donors (Lipinski definition) is 1. The number of primary sulfonamides is 1. The van der Waals surface area contributed by atoms with Gasteiger partial charge in [-0.15, -0.1) is 0 Å². The van der Waals surface area contributed by atoms with Crippen molar-refractivity contribution in [1.82, 2.24) is 0 Å². The van der Waals surface area contributed by atoms with Crippen molar-refractivity contribution >= 4 is 21.6 Å². The average Bonchev–Trinajstić information content (AvgIpc) is 2.58. The van der Waals surface area contributed by atoms with Crippen molar-refractivity contribution in [1.29, 1.82) is 0 Å². The predicted molar refractivity (Wildman–Crippen MR) is 93.6 cm³/mol. The Kier molecular flexibility index (Phi) is 4.60. The van der Waals surface area contributed by atoms with E-state index in [4.69, 9.17) is 16.7 Å². The molecule has 0 aliphatic rings. The summed E-state index contributed by atoms with van der Waals surface area (Å²) in [5.41, 5.74) is 1.51. The minimum atomic E-state index is -3.97. The Labute approximate surface area is 148 Å². The number of benzene rings is 3. The van der Waals surface area contributed by atoms with Crippen LogP contribution < -0.4 is 5.14 Å². The van der Waals surface area contributed by atoms with Crippen molar-refractivity contribution in [2.24, 2.45) is 5.14 Å². The fourth-order valence-electron chi connectivity index (χ4n) is 2.62. The third-order valence-electron chi connectivity index (χ3n) is 3.71. The molecule has 25 heavy (non-hydrogen) atoms. The maximum Gasteiger partial charge on any atom is 0.238 e. The monoisotopic (exact) mass is 379 g/mol. The molecule has 0 radical (unpaired) electrons. The fraction of sp³-hybridized carbons (Fsp3) is 0. The summed E-state index contributed by atoms with van der Waals surface area (Å²) >= 11 is 5.53. The summed E-state index contributed by atoms with van der Waals surface area (Å²) in [6.07, 6.45) is 0. The second-order valence-corrected chi connectivity index (χ2v) is 7.25. The van der Waals surface area contributed by atoms with Crippen LogP contribution in [-0.2, 0) is 10.0 Å². The molecule has 0 atom stereocenters. The van der Waals surface area contributed by atoms with Gasteiger partial charge in [-0.2, -0.15) is 0 Å². The second-order valence-electron chi connectivity index (χ2n) is 5.34. The topological polar surface area (TPSA) is 60.2 Å². The van der Waals surface area contributed by atoms with Crippen LogP contribution in [0.2, 0.25) is 5.02 Å². The van der Waals surface area contributed by atoms with E-state index in [1.807, 2.05) is 0 Å². The van der Waals surface area contributed by atoms with Crippen LogP contribution in [0.5, 0.6) is 0 Å². The van der Waals surface area contributed by atoms with E-state index >= 15 is 0 Å². The van der Waals surface area contributed by atoms with Crippen molar-refractivity contribution in [3.05, 3.63) is 77.3 Å². The molecule has 0 heterocycles. The van der Waals surface area contributed by atoms with Crippen molar-refractivity contribution in [2.75, 3.05) is 0 Å². The van der Waals surface area contributed by atoms with Gasteiger partial charge in [0.2, 0.25) is 10.0 Å². The first-order valence-electron chi connectivity index (χ1n) is 7.15. The Hall–Kier alpha value is -2.28. The molecule has 0 saturated carbocycles. The van der Waals surface area contributed by atoms with Gasteiger partial charge in [-0.25, -0.2) is 22.3 Å². The highest BCUT2D eigenvalue weighted by Gasteiger charge is 2.18. The van der Waals surface area contributed by atoms with Crippen LogP contribution in [0.4, 0.5) is 8.78 Å². The maximum absolute atomic E-state index is 13.8. The lowest BCUT2D eigenvalue weighted by Crippen LogP contribution is -2.13. The largest absolute Gasteiger partial charge is 0.238 e. The van der Waals surface area contributed by atoms with Crippen molar-refractivity contribution < 1.29 is 17.2 Å². The molecule has 0 bridgehead atoms. The quantitative estimate of drug-likeness (QED) is 0.676. The summed E-state index contributed by atoms with van der Waals surface area (Å²) in [6.45, 7) is 0. The number of hydrogen-bond acceptors (Lipinski definition) is 2. The molecule has 3 rings (SSSR count). The Balaban J connectivity index is 2.30. The third kappa shape index (κ3) is 3.42. The van der Waals surface area contributed by atoms with E-state index in [0.717, 1.165) is 12.1 Å². The van der Waals surface area contributed by atoms with Gasteiger partial charge in [0, 0.05) is 5.56 Å². The smallest absolute Gasteiger partial charge is 0.225 e. The van der Waals surface area contributed by atoms with E-state index in [2.05, 4.69) is 0 Å². The van der Waals surface area contributed by atoms with Gasteiger partial charge in [0.25, 0.3) is 0 Å². The molecule has 3 aromatic rings. The Morgan fingerprint density at radius 2 is 1.28 bits per heavy atom. The Bertz CT molecular complexity index is 1050. The van der Waals surface area contributed by atoms with E-state index in [-0.39, 0.29) is 10.5 Å². The highest BCUT2D eigenvalue weighted by molar-refractivity contribution is 7.89. The van der Waals surface area contributed by atoms with Crippen LogP contribution in [0.15, 0.2) is 65.6 Å². The molecule has 0 unspecified atom stereocenters. The van der Waals surface area contributed by atoms with Crippen molar-refractivity contribution in [3.8, 4) is 22.3 Å². The van der Waals surface area contributed by atoms with Crippen LogP contribution in [0.1, 0.15) is 0 Å². The van der Waals surface area contributed by atoms with Crippen LogP contribution in [0.3, 0.4) is 0 Å². The molecule has 0 fully saturated rings. The molecular formula is C18H12ClF2NO2S. The van der Waals surface area contributed by atoms with Gasteiger partial charge in [-0.05, 0) is 34.9 Å². The third-order valence-corrected chi connectivity index (χ3v) is 5.04. The first-order chi connectivity index (χ1) is 11.8. The van der Waals surface area contributed by atoms with Crippen LogP contribution in [-0.4, -0.2) is 8.42 Å². The molecule has 0 aromatic heterocycles. The van der Waals surface area contributed by atoms with Gasteiger partial charge in [0.05, 0.1) is 4.90 Å². The van der Waals surface area contributed by atoms with E-state index in [1.165, 1.54) is 6.07 Å².